The van der Waals surface area contributed by atoms with Gasteiger partial charge in [0, 0.05) is 0 Å². The highest BCUT2D eigenvalue weighted by Crippen LogP contribution is 2.26. The maximum absolute atomic E-state index is 5.54. The molecular weight excluding hydrogens is 206 g/mol. The molecule has 1 aliphatic rings. The zero-order valence-electron chi connectivity index (χ0n) is 10.6. The highest BCUT2D eigenvalue weighted by Gasteiger charge is 2.10. The fourth-order valence-corrected chi connectivity index (χ4v) is 2.56. The van der Waals surface area contributed by atoms with E-state index in [-0.39, 0.29) is 0 Å². The van der Waals surface area contributed by atoms with Crippen molar-refractivity contribution in [1.29, 1.82) is 0 Å². The molecule has 92 valence electrons. The number of hydrogen-bond donors (Lipinski definition) is 1. The van der Waals surface area contributed by atoms with Crippen LogP contribution >= 0.6 is 0 Å². The summed E-state index contributed by atoms with van der Waals surface area (Å²) in [6.07, 6.45) is 12.4. The summed E-state index contributed by atoms with van der Waals surface area (Å²) in [6, 6.07) is 8.83. The van der Waals surface area contributed by atoms with Crippen LogP contribution in [-0.2, 0) is 6.42 Å². The molecule has 1 nitrogen and oxygen atoms in total. The molecule has 1 fully saturated rings. The molecule has 0 atom stereocenters. The standard InChI is InChI=1S/C16H23N/c17-12-4-9-15-7-3-8-16(13-15)11-10-14-5-1-2-6-14/h3,7-8,10-11,13-14H,1-2,4-6,9,12,17H2. The summed E-state index contributed by atoms with van der Waals surface area (Å²) in [5.41, 5.74) is 8.29. The van der Waals surface area contributed by atoms with Crippen molar-refractivity contribution in [3.8, 4) is 0 Å². The molecule has 0 aromatic heterocycles. The topological polar surface area (TPSA) is 26.0 Å². The lowest BCUT2D eigenvalue weighted by molar-refractivity contribution is 0.689. The molecule has 1 aromatic carbocycles. The number of benzene rings is 1. The van der Waals surface area contributed by atoms with Gasteiger partial charge in [-0.3, -0.25) is 0 Å². The van der Waals surface area contributed by atoms with Crippen LogP contribution in [-0.4, -0.2) is 6.54 Å². The van der Waals surface area contributed by atoms with Gasteiger partial charge in [-0.2, -0.15) is 0 Å². The van der Waals surface area contributed by atoms with E-state index in [0.717, 1.165) is 25.3 Å². The van der Waals surface area contributed by atoms with Crippen LogP contribution in [0.2, 0.25) is 0 Å². The van der Waals surface area contributed by atoms with E-state index in [1.54, 1.807) is 0 Å². The smallest absolute Gasteiger partial charge is 0.00741 e. The molecule has 0 spiro atoms. The third-order valence-corrected chi connectivity index (χ3v) is 3.58. The Morgan fingerprint density at radius 3 is 2.82 bits per heavy atom. The Hall–Kier alpha value is -1.08. The number of allylic oxidation sites excluding steroid dienone is 1. The van der Waals surface area contributed by atoms with E-state index in [4.69, 9.17) is 5.73 Å². The lowest BCUT2D eigenvalue weighted by Crippen LogP contribution is -2.00. The van der Waals surface area contributed by atoms with E-state index in [0.29, 0.717) is 0 Å². The molecule has 17 heavy (non-hydrogen) atoms. The van der Waals surface area contributed by atoms with Gasteiger partial charge in [0.25, 0.3) is 0 Å². The first-order chi connectivity index (χ1) is 8.38. The quantitative estimate of drug-likeness (QED) is 0.817. The van der Waals surface area contributed by atoms with Crippen molar-refractivity contribution in [2.24, 2.45) is 11.7 Å². The summed E-state index contributed by atoms with van der Waals surface area (Å²) in [7, 11) is 0. The molecule has 0 amide bonds. The van der Waals surface area contributed by atoms with E-state index in [9.17, 15) is 0 Å². The van der Waals surface area contributed by atoms with Crippen LogP contribution in [0.1, 0.15) is 43.2 Å². The van der Waals surface area contributed by atoms with Gasteiger partial charge >= 0.3 is 0 Å². The molecule has 0 saturated heterocycles. The van der Waals surface area contributed by atoms with E-state index < -0.39 is 0 Å². The normalized spacial score (nSPS) is 17.0. The minimum Gasteiger partial charge on any atom is -0.330 e. The molecule has 1 heteroatoms. The highest BCUT2D eigenvalue weighted by molar-refractivity contribution is 5.50. The van der Waals surface area contributed by atoms with Gasteiger partial charge in [-0.15, -0.1) is 0 Å². The predicted octanol–water partition coefficient (Wildman–Crippen LogP) is 3.78. The van der Waals surface area contributed by atoms with Gasteiger partial charge in [-0.1, -0.05) is 49.3 Å². The van der Waals surface area contributed by atoms with Gasteiger partial charge in [0.15, 0.2) is 0 Å². The Balaban J connectivity index is 1.95. The van der Waals surface area contributed by atoms with Crippen LogP contribution in [0.5, 0.6) is 0 Å². The maximum Gasteiger partial charge on any atom is -0.00741 e. The fourth-order valence-electron chi connectivity index (χ4n) is 2.56. The predicted molar refractivity (Wildman–Crippen MR) is 74.8 cm³/mol. The van der Waals surface area contributed by atoms with Crippen LogP contribution in [0.15, 0.2) is 30.3 Å². The minimum absolute atomic E-state index is 0.780. The first kappa shape index (κ1) is 12.4. The molecule has 0 radical (unpaired) electrons. The summed E-state index contributed by atoms with van der Waals surface area (Å²) in [6.45, 7) is 0.780. The van der Waals surface area contributed by atoms with Crippen LogP contribution in [0.25, 0.3) is 6.08 Å². The van der Waals surface area contributed by atoms with Crippen LogP contribution in [0, 0.1) is 5.92 Å². The average Bonchev–Trinajstić information content (AvgIpc) is 2.87. The van der Waals surface area contributed by atoms with Gasteiger partial charge in [0.2, 0.25) is 0 Å². The van der Waals surface area contributed by atoms with Crippen LogP contribution in [0.4, 0.5) is 0 Å². The molecule has 0 aliphatic heterocycles. The van der Waals surface area contributed by atoms with Crippen molar-refractivity contribution in [2.75, 3.05) is 6.54 Å². The zero-order valence-corrected chi connectivity index (χ0v) is 10.6. The summed E-state index contributed by atoms with van der Waals surface area (Å²) >= 11 is 0. The van der Waals surface area contributed by atoms with Crippen molar-refractivity contribution in [1.82, 2.24) is 0 Å². The highest BCUT2D eigenvalue weighted by atomic mass is 14.5. The van der Waals surface area contributed by atoms with E-state index in [1.807, 2.05) is 0 Å². The molecular formula is C16H23N. The first-order valence-corrected chi connectivity index (χ1v) is 6.86. The van der Waals surface area contributed by atoms with E-state index in [2.05, 4.69) is 36.4 Å². The van der Waals surface area contributed by atoms with E-state index in [1.165, 1.54) is 36.8 Å². The second-order valence-corrected chi connectivity index (χ2v) is 5.04. The maximum atomic E-state index is 5.54. The van der Waals surface area contributed by atoms with Crippen molar-refractivity contribution in [3.05, 3.63) is 41.5 Å². The summed E-state index contributed by atoms with van der Waals surface area (Å²) in [5.74, 6) is 0.822. The van der Waals surface area contributed by atoms with Gasteiger partial charge in [0.05, 0.1) is 0 Å². The van der Waals surface area contributed by atoms with Crippen molar-refractivity contribution in [3.63, 3.8) is 0 Å². The molecule has 0 bridgehead atoms. The SMILES string of the molecule is NCCCc1cccc(C=CC2CCCC2)c1. The molecule has 0 unspecified atom stereocenters. The monoisotopic (exact) mass is 229 g/mol. The molecule has 0 heterocycles. The Labute approximate surface area is 105 Å². The van der Waals surface area contributed by atoms with Gasteiger partial charge in [-0.05, 0) is 49.3 Å². The number of hydrogen-bond acceptors (Lipinski definition) is 1. The number of nitrogens with two attached hydrogens (primary N) is 1. The second kappa shape index (κ2) is 6.61. The van der Waals surface area contributed by atoms with Gasteiger partial charge in [0.1, 0.15) is 0 Å². The summed E-state index contributed by atoms with van der Waals surface area (Å²) in [4.78, 5) is 0. The lowest BCUT2D eigenvalue weighted by Gasteiger charge is -2.03. The van der Waals surface area contributed by atoms with Crippen LogP contribution < -0.4 is 5.73 Å². The average molecular weight is 229 g/mol. The number of rotatable bonds is 5. The largest absolute Gasteiger partial charge is 0.330 e. The van der Waals surface area contributed by atoms with Crippen molar-refractivity contribution >= 4 is 6.08 Å². The lowest BCUT2D eigenvalue weighted by atomic mass is 10.0. The Morgan fingerprint density at radius 2 is 2.06 bits per heavy atom. The van der Waals surface area contributed by atoms with Crippen molar-refractivity contribution in [2.45, 2.75) is 38.5 Å². The Morgan fingerprint density at radius 1 is 1.24 bits per heavy atom. The third-order valence-electron chi connectivity index (χ3n) is 3.58. The first-order valence-electron chi connectivity index (χ1n) is 6.86. The molecule has 1 aromatic rings. The van der Waals surface area contributed by atoms with E-state index >= 15 is 0 Å². The third kappa shape index (κ3) is 4.01. The molecule has 2 N–H and O–H groups in total. The van der Waals surface area contributed by atoms with Gasteiger partial charge < -0.3 is 5.73 Å². The second-order valence-electron chi connectivity index (χ2n) is 5.04. The molecule has 1 aliphatic carbocycles. The molecule has 1 saturated carbocycles. The number of aryl methyl sites for hydroxylation is 1. The molecule has 2 rings (SSSR count). The Bertz CT molecular complexity index is 362. The fraction of sp³-hybridized carbons (Fsp3) is 0.500. The summed E-state index contributed by atoms with van der Waals surface area (Å²) < 4.78 is 0. The van der Waals surface area contributed by atoms with Gasteiger partial charge in [-0.25, -0.2) is 0 Å². The Kier molecular flexibility index (Phi) is 4.81. The minimum atomic E-state index is 0.780. The summed E-state index contributed by atoms with van der Waals surface area (Å²) in [5, 5.41) is 0. The zero-order chi connectivity index (χ0) is 11.9. The van der Waals surface area contributed by atoms with Crippen molar-refractivity contribution < 1.29 is 0 Å². The van der Waals surface area contributed by atoms with Crippen LogP contribution in [0.3, 0.4) is 0 Å².